The minimum atomic E-state index is -0.468. The molecule has 0 aliphatic carbocycles. The Morgan fingerprint density at radius 1 is 1.14 bits per heavy atom. The van der Waals surface area contributed by atoms with E-state index in [1.807, 2.05) is 26.8 Å². The molecular formula is C17H23ClN2O2. The Morgan fingerprint density at radius 2 is 1.73 bits per heavy atom. The standard InChI is InChI=1S/C17H23ClN2O2/c1-17(2,3)22-16(21)20-10-12-8-14(18)15(9-13(12)11-20)19-6-4-5-7-19/h8-9H,4-7,10-11H2,1-3H3. The first-order valence-electron chi connectivity index (χ1n) is 7.88. The number of ether oxygens (including phenoxy) is 1. The molecule has 1 aromatic rings. The maximum atomic E-state index is 12.2. The van der Waals surface area contributed by atoms with Gasteiger partial charge in [0.15, 0.2) is 0 Å². The summed E-state index contributed by atoms with van der Waals surface area (Å²) in [5, 5.41) is 0.784. The zero-order chi connectivity index (χ0) is 15.9. The molecule has 1 fully saturated rings. The van der Waals surface area contributed by atoms with Crippen molar-refractivity contribution in [3.8, 4) is 0 Å². The second-order valence-electron chi connectivity index (χ2n) is 7.10. The van der Waals surface area contributed by atoms with Crippen LogP contribution in [0.15, 0.2) is 12.1 Å². The predicted octanol–water partition coefficient (Wildman–Crippen LogP) is 4.19. The molecule has 4 nitrogen and oxygen atoms in total. The zero-order valence-corrected chi connectivity index (χ0v) is 14.2. The second kappa shape index (κ2) is 5.65. The van der Waals surface area contributed by atoms with E-state index in [0.29, 0.717) is 13.1 Å². The lowest BCUT2D eigenvalue weighted by molar-refractivity contribution is 0.0242. The van der Waals surface area contributed by atoms with Crippen LogP contribution in [0.3, 0.4) is 0 Å². The van der Waals surface area contributed by atoms with Crippen LogP contribution in [-0.2, 0) is 17.8 Å². The Morgan fingerprint density at radius 3 is 2.32 bits per heavy atom. The fourth-order valence-electron chi connectivity index (χ4n) is 3.06. The highest BCUT2D eigenvalue weighted by Gasteiger charge is 2.29. The van der Waals surface area contributed by atoms with E-state index in [4.69, 9.17) is 16.3 Å². The van der Waals surface area contributed by atoms with Gasteiger partial charge in [-0.25, -0.2) is 4.79 Å². The number of rotatable bonds is 1. The minimum Gasteiger partial charge on any atom is -0.444 e. The smallest absolute Gasteiger partial charge is 0.410 e. The Balaban J connectivity index is 1.77. The van der Waals surface area contributed by atoms with Crippen molar-refractivity contribution in [1.82, 2.24) is 4.90 Å². The van der Waals surface area contributed by atoms with Gasteiger partial charge >= 0.3 is 6.09 Å². The molecule has 0 aromatic heterocycles. The third-order valence-electron chi connectivity index (χ3n) is 4.09. The van der Waals surface area contributed by atoms with Crippen LogP contribution in [0.25, 0.3) is 0 Å². The summed E-state index contributed by atoms with van der Waals surface area (Å²) < 4.78 is 5.46. The molecule has 22 heavy (non-hydrogen) atoms. The highest BCUT2D eigenvalue weighted by molar-refractivity contribution is 6.33. The summed E-state index contributed by atoms with van der Waals surface area (Å²) in [5.74, 6) is 0. The zero-order valence-electron chi connectivity index (χ0n) is 13.5. The van der Waals surface area contributed by atoms with E-state index < -0.39 is 5.60 Å². The quantitative estimate of drug-likeness (QED) is 0.777. The van der Waals surface area contributed by atoms with Crippen molar-refractivity contribution < 1.29 is 9.53 Å². The fourth-order valence-corrected chi connectivity index (χ4v) is 3.37. The molecule has 1 aromatic carbocycles. The van der Waals surface area contributed by atoms with E-state index in [2.05, 4.69) is 11.0 Å². The Labute approximate surface area is 137 Å². The molecular weight excluding hydrogens is 300 g/mol. The maximum Gasteiger partial charge on any atom is 0.410 e. The Bertz CT molecular complexity index is 589. The summed E-state index contributed by atoms with van der Waals surface area (Å²) in [7, 11) is 0. The van der Waals surface area contributed by atoms with E-state index in [9.17, 15) is 4.79 Å². The normalized spacial score (nSPS) is 17.8. The molecule has 0 bridgehead atoms. The average Bonchev–Trinajstić information content (AvgIpc) is 3.03. The summed E-state index contributed by atoms with van der Waals surface area (Å²) >= 11 is 6.45. The molecule has 2 aliphatic rings. The van der Waals surface area contributed by atoms with Crippen LogP contribution in [0.4, 0.5) is 10.5 Å². The molecule has 1 amide bonds. The number of fused-ring (bicyclic) bond motifs is 1. The van der Waals surface area contributed by atoms with Gasteiger partial charge in [0.05, 0.1) is 10.7 Å². The molecule has 0 unspecified atom stereocenters. The van der Waals surface area contributed by atoms with E-state index in [0.717, 1.165) is 29.4 Å². The van der Waals surface area contributed by atoms with Crippen molar-refractivity contribution in [2.75, 3.05) is 18.0 Å². The SMILES string of the molecule is CC(C)(C)OC(=O)N1Cc2cc(Cl)c(N3CCCC3)cc2C1. The van der Waals surface area contributed by atoms with Crippen LogP contribution < -0.4 is 4.90 Å². The van der Waals surface area contributed by atoms with E-state index in [1.54, 1.807) is 4.90 Å². The molecule has 2 heterocycles. The van der Waals surface area contributed by atoms with Crippen LogP contribution in [0, 0.1) is 0 Å². The third kappa shape index (κ3) is 3.17. The first-order chi connectivity index (χ1) is 10.3. The number of benzene rings is 1. The first-order valence-corrected chi connectivity index (χ1v) is 8.25. The lowest BCUT2D eigenvalue weighted by Gasteiger charge is -2.24. The number of carbonyl (C=O) groups excluding carboxylic acids is 1. The van der Waals surface area contributed by atoms with Gasteiger partial charge in [0.25, 0.3) is 0 Å². The van der Waals surface area contributed by atoms with Gasteiger partial charge in [-0.05, 0) is 56.9 Å². The van der Waals surface area contributed by atoms with Gasteiger partial charge < -0.3 is 9.64 Å². The predicted molar refractivity (Wildman–Crippen MR) is 88.4 cm³/mol. The Kier molecular flexibility index (Phi) is 3.98. The summed E-state index contributed by atoms with van der Waals surface area (Å²) in [6.07, 6.45) is 2.18. The van der Waals surface area contributed by atoms with Crippen molar-refractivity contribution in [1.29, 1.82) is 0 Å². The van der Waals surface area contributed by atoms with Gasteiger partial charge in [-0.15, -0.1) is 0 Å². The molecule has 0 radical (unpaired) electrons. The average molecular weight is 323 g/mol. The van der Waals surface area contributed by atoms with Crippen LogP contribution in [-0.4, -0.2) is 29.7 Å². The van der Waals surface area contributed by atoms with Crippen LogP contribution in [0.2, 0.25) is 5.02 Å². The van der Waals surface area contributed by atoms with Gasteiger partial charge in [-0.2, -0.15) is 0 Å². The monoisotopic (exact) mass is 322 g/mol. The lowest BCUT2D eigenvalue weighted by Crippen LogP contribution is -2.33. The van der Waals surface area contributed by atoms with Gasteiger partial charge in [0.1, 0.15) is 5.60 Å². The topological polar surface area (TPSA) is 32.8 Å². The van der Waals surface area contributed by atoms with Gasteiger partial charge in [-0.1, -0.05) is 11.6 Å². The molecule has 2 aliphatic heterocycles. The molecule has 0 spiro atoms. The molecule has 1 saturated heterocycles. The minimum absolute atomic E-state index is 0.262. The summed E-state index contributed by atoms with van der Waals surface area (Å²) in [4.78, 5) is 16.3. The van der Waals surface area contributed by atoms with Crippen molar-refractivity contribution in [2.24, 2.45) is 0 Å². The first kappa shape index (κ1) is 15.5. The number of hydrogen-bond donors (Lipinski definition) is 0. The van der Waals surface area contributed by atoms with Crippen LogP contribution >= 0.6 is 11.6 Å². The van der Waals surface area contributed by atoms with Gasteiger partial charge in [0.2, 0.25) is 0 Å². The van der Waals surface area contributed by atoms with E-state index >= 15 is 0 Å². The van der Waals surface area contributed by atoms with Crippen molar-refractivity contribution in [3.63, 3.8) is 0 Å². The van der Waals surface area contributed by atoms with Gasteiger partial charge in [0, 0.05) is 26.2 Å². The molecule has 5 heteroatoms. The van der Waals surface area contributed by atoms with Crippen molar-refractivity contribution >= 4 is 23.4 Å². The van der Waals surface area contributed by atoms with E-state index in [-0.39, 0.29) is 6.09 Å². The van der Waals surface area contributed by atoms with Crippen LogP contribution in [0.5, 0.6) is 0 Å². The van der Waals surface area contributed by atoms with Crippen molar-refractivity contribution in [3.05, 3.63) is 28.3 Å². The number of hydrogen-bond acceptors (Lipinski definition) is 3. The number of halogens is 1. The Hall–Kier alpha value is -1.42. The highest BCUT2D eigenvalue weighted by Crippen LogP contribution is 2.35. The summed E-state index contributed by atoms with van der Waals surface area (Å²) in [5.41, 5.74) is 2.93. The molecule has 3 rings (SSSR count). The number of amides is 1. The fraction of sp³-hybridized carbons (Fsp3) is 0.588. The summed E-state index contributed by atoms with van der Waals surface area (Å²) in [6.45, 7) is 8.96. The molecule has 0 N–H and O–H groups in total. The highest BCUT2D eigenvalue weighted by atomic mass is 35.5. The number of nitrogens with zero attached hydrogens (tertiary/aromatic N) is 2. The van der Waals surface area contributed by atoms with Crippen molar-refractivity contribution in [2.45, 2.75) is 52.3 Å². The maximum absolute atomic E-state index is 12.2. The second-order valence-corrected chi connectivity index (χ2v) is 7.51. The third-order valence-corrected chi connectivity index (χ3v) is 4.39. The summed E-state index contributed by atoms with van der Waals surface area (Å²) in [6, 6.07) is 4.16. The largest absolute Gasteiger partial charge is 0.444 e. The van der Waals surface area contributed by atoms with Crippen LogP contribution in [0.1, 0.15) is 44.7 Å². The van der Waals surface area contributed by atoms with Gasteiger partial charge in [-0.3, -0.25) is 4.90 Å². The van der Waals surface area contributed by atoms with E-state index in [1.165, 1.54) is 18.4 Å². The number of anilines is 1. The molecule has 0 atom stereocenters. The molecule has 120 valence electrons. The lowest BCUT2D eigenvalue weighted by atomic mass is 10.1. The molecule has 0 saturated carbocycles. The number of carbonyl (C=O) groups is 1.